The van der Waals surface area contributed by atoms with Gasteiger partial charge >= 0.3 is 5.97 Å². The summed E-state index contributed by atoms with van der Waals surface area (Å²) in [6.07, 6.45) is -0.378. The molecule has 2 fully saturated rings. The number of carbonyl (C=O) groups is 4. The summed E-state index contributed by atoms with van der Waals surface area (Å²) in [7, 11) is 0. The Bertz CT molecular complexity index is 1070. The topological polar surface area (TPSA) is 156 Å². The zero-order valence-corrected chi connectivity index (χ0v) is 19.5. The number of Topliss-reactive ketones (excluding diaryl/α,β-unsaturated/α-hetero) is 1. The van der Waals surface area contributed by atoms with Gasteiger partial charge in [0.25, 0.3) is 0 Å². The van der Waals surface area contributed by atoms with Crippen molar-refractivity contribution < 1.29 is 34.5 Å². The predicted octanol–water partition coefficient (Wildman–Crippen LogP) is 0.418. The normalized spacial score (nSPS) is 29.0. The molecule has 3 aliphatic rings. The Morgan fingerprint density at radius 2 is 2.06 bits per heavy atom. The molecule has 4 rings (SSSR count). The van der Waals surface area contributed by atoms with Gasteiger partial charge in [0.2, 0.25) is 17.6 Å². The third-order valence-corrected chi connectivity index (χ3v) is 8.11. The van der Waals surface area contributed by atoms with E-state index in [9.17, 15) is 29.4 Å². The first-order valence-corrected chi connectivity index (χ1v) is 12.0. The van der Waals surface area contributed by atoms with Crippen molar-refractivity contribution in [3.63, 3.8) is 0 Å². The maximum atomic E-state index is 12.7. The van der Waals surface area contributed by atoms with Gasteiger partial charge in [-0.3, -0.25) is 14.4 Å². The molecule has 1 aromatic carbocycles. The van der Waals surface area contributed by atoms with Crippen molar-refractivity contribution in [2.45, 2.75) is 43.7 Å². The van der Waals surface area contributed by atoms with Crippen molar-refractivity contribution >= 4 is 41.0 Å². The number of rotatable bonds is 8. The number of aliphatic hydroxyl groups is 2. The lowest BCUT2D eigenvalue weighted by Gasteiger charge is -2.46. The summed E-state index contributed by atoms with van der Waals surface area (Å²) in [6.45, 7) is 3.24. The molecular formula is C23H27N3O7S. The van der Waals surface area contributed by atoms with Gasteiger partial charge in [0, 0.05) is 28.3 Å². The quantitative estimate of drug-likeness (QED) is 0.327. The molecule has 0 spiro atoms. The number of carboxylic acid groups (broad SMARTS) is 1. The van der Waals surface area contributed by atoms with E-state index in [2.05, 4.69) is 10.6 Å². The number of hydrogen-bond donors (Lipinski definition) is 5. The van der Waals surface area contributed by atoms with Gasteiger partial charge in [0.15, 0.2) is 0 Å². The molecule has 1 aromatic rings. The number of ketones is 1. The van der Waals surface area contributed by atoms with Crippen LogP contribution in [0.5, 0.6) is 0 Å². The molecule has 10 nitrogen and oxygen atoms in total. The first kappa shape index (κ1) is 24.4. The molecule has 11 heteroatoms. The molecule has 2 saturated heterocycles. The van der Waals surface area contributed by atoms with Crippen molar-refractivity contribution in [2.75, 3.05) is 18.5 Å². The zero-order chi connectivity index (χ0) is 24.7. The average molecular weight is 490 g/mol. The Balaban J connectivity index is 1.45. The Labute approximate surface area is 200 Å². The van der Waals surface area contributed by atoms with E-state index in [0.717, 1.165) is 0 Å². The second-order valence-corrected chi connectivity index (χ2v) is 10.2. The van der Waals surface area contributed by atoms with Gasteiger partial charge < -0.3 is 30.9 Å². The van der Waals surface area contributed by atoms with Crippen LogP contribution in [-0.4, -0.2) is 80.4 Å². The molecule has 0 saturated carbocycles. The highest BCUT2D eigenvalue weighted by molar-refractivity contribution is 8.03. The van der Waals surface area contributed by atoms with Gasteiger partial charge in [-0.2, -0.15) is 0 Å². The van der Waals surface area contributed by atoms with Gasteiger partial charge in [0.05, 0.1) is 35.4 Å². The number of aliphatic hydroxyl groups excluding tert-OH is 2. The highest BCUT2D eigenvalue weighted by Crippen LogP contribution is 2.52. The van der Waals surface area contributed by atoms with E-state index in [1.165, 1.54) is 28.8 Å². The van der Waals surface area contributed by atoms with Crippen molar-refractivity contribution in [3.8, 4) is 0 Å². The number of β-lactam (4-membered cyclic amide) rings is 1. The van der Waals surface area contributed by atoms with Gasteiger partial charge in [-0.25, -0.2) is 4.79 Å². The summed E-state index contributed by atoms with van der Waals surface area (Å²) in [5.41, 5.74) is 0.659. The fourth-order valence-corrected chi connectivity index (χ4v) is 6.45. The molecule has 5 N–H and O–H groups in total. The Hall–Kier alpha value is -2.73. The lowest BCUT2D eigenvalue weighted by molar-refractivity contribution is -0.161. The lowest BCUT2D eigenvalue weighted by atomic mass is 9.79. The van der Waals surface area contributed by atoms with E-state index in [1.807, 2.05) is 6.92 Å². The standard InChI is InChI=1S/C23H27N3O7S/c1-10-18-17(11(2)28)22(31)26(18)19(16(29)9-27)20(10)34-14-7-15(24-8-14)21(30)25-13-5-3-4-12(6-13)23(32)33/h3-6,10-11,14-15,17-18,24,27-28H,7-9H2,1-2H3,(H,25,30)(H,32,33)/t10-,11-,14+,15+,17-,18-/m1/s1. The van der Waals surface area contributed by atoms with Crippen molar-refractivity contribution in [2.24, 2.45) is 11.8 Å². The minimum absolute atomic E-state index is 0.0566. The molecule has 0 aromatic heterocycles. The van der Waals surface area contributed by atoms with Crippen LogP contribution in [0.2, 0.25) is 0 Å². The molecule has 0 bridgehead atoms. The number of carboxylic acids is 1. The Kier molecular flexibility index (Phi) is 6.81. The first-order valence-electron chi connectivity index (χ1n) is 11.1. The highest BCUT2D eigenvalue weighted by Gasteiger charge is 2.59. The van der Waals surface area contributed by atoms with Gasteiger partial charge in [-0.15, -0.1) is 11.8 Å². The van der Waals surface area contributed by atoms with Crippen molar-refractivity contribution in [1.82, 2.24) is 10.2 Å². The predicted molar refractivity (Wildman–Crippen MR) is 124 cm³/mol. The molecule has 6 atom stereocenters. The third kappa shape index (κ3) is 4.24. The minimum Gasteiger partial charge on any atom is -0.478 e. The maximum Gasteiger partial charge on any atom is 0.335 e. The number of carbonyl (C=O) groups excluding carboxylic acids is 3. The van der Waals surface area contributed by atoms with Crippen LogP contribution in [0.25, 0.3) is 0 Å². The molecule has 34 heavy (non-hydrogen) atoms. The summed E-state index contributed by atoms with van der Waals surface area (Å²) in [6, 6.07) is 5.16. The number of aromatic carboxylic acids is 1. The molecule has 0 aliphatic carbocycles. The number of thioether (sulfide) groups is 1. The van der Waals surface area contributed by atoms with E-state index in [1.54, 1.807) is 19.1 Å². The fourth-order valence-electron chi connectivity index (χ4n) is 4.95. The number of amides is 2. The summed E-state index contributed by atoms with van der Waals surface area (Å²) in [4.78, 5) is 51.1. The minimum atomic E-state index is -1.08. The Morgan fingerprint density at radius 1 is 1.32 bits per heavy atom. The molecule has 3 aliphatic heterocycles. The number of hydrogen-bond acceptors (Lipinski definition) is 8. The largest absolute Gasteiger partial charge is 0.478 e. The monoisotopic (exact) mass is 489 g/mol. The summed E-state index contributed by atoms with van der Waals surface area (Å²) >= 11 is 1.42. The second-order valence-electron chi connectivity index (χ2n) is 8.86. The van der Waals surface area contributed by atoms with Crippen LogP contribution in [-0.2, 0) is 14.4 Å². The number of anilines is 1. The van der Waals surface area contributed by atoms with Gasteiger partial charge in [-0.1, -0.05) is 13.0 Å². The third-order valence-electron chi connectivity index (χ3n) is 6.59. The van der Waals surface area contributed by atoms with E-state index in [4.69, 9.17) is 5.11 Å². The van der Waals surface area contributed by atoms with Crippen molar-refractivity contribution in [3.05, 3.63) is 40.4 Å². The molecule has 2 amide bonds. The van der Waals surface area contributed by atoms with E-state index < -0.39 is 36.4 Å². The molecule has 0 radical (unpaired) electrons. The van der Waals surface area contributed by atoms with Gasteiger partial charge in [0.1, 0.15) is 6.61 Å². The SMILES string of the molecule is C[C@@H](O)[C@H]1C(=O)N2C(C(=O)CO)=C(S[C@@H]3CN[C@H](C(=O)Nc4cccc(C(=O)O)c4)C3)[C@H](C)[C@H]12. The van der Waals surface area contributed by atoms with Crippen LogP contribution in [0.15, 0.2) is 34.9 Å². The van der Waals surface area contributed by atoms with E-state index >= 15 is 0 Å². The van der Waals surface area contributed by atoms with Crippen LogP contribution in [0.3, 0.4) is 0 Å². The molecule has 3 heterocycles. The average Bonchev–Trinajstić information content (AvgIpc) is 3.35. The first-order chi connectivity index (χ1) is 16.1. The fraction of sp³-hybridized carbons (Fsp3) is 0.478. The van der Waals surface area contributed by atoms with Crippen LogP contribution in [0.1, 0.15) is 30.6 Å². The van der Waals surface area contributed by atoms with Gasteiger partial charge in [-0.05, 0) is 31.5 Å². The zero-order valence-electron chi connectivity index (χ0n) is 18.7. The molecule has 0 unspecified atom stereocenters. The number of fused-ring (bicyclic) bond motifs is 1. The number of benzene rings is 1. The highest BCUT2D eigenvalue weighted by atomic mass is 32.2. The Morgan fingerprint density at radius 3 is 2.71 bits per heavy atom. The second kappa shape index (κ2) is 9.49. The van der Waals surface area contributed by atoms with E-state index in [-0.39, 0.29) is 40.3 Å². The summed E-state index contributed by atoms with van der Waals surface area (Å²) in [5.74, 6) is -2.99. The number of nitrogens with zero attached hydrogens (tertiary/aromatic N) is 1. The summed E-state index contributed by atoms with van der Waals surface area (Å²) in [5, 5.41) is 34.5. The maximum absolute atomic E-state index is 12.7. The molecule has 182 valence electrons. The lowest BCUT2D eigenvalue weighted by Crippen LogP contribution is -2.63. The van der Waals surface area contributed by atoms with Crippen LogP contribution in [0.4, 0.5) is 5.69 Å². The van der Waals surface area contributed by atoms with Crippen LogP contribution >= 0.6 is 11.8 Å². The molecular weight excluding hydrogens is 462 g/mol. The smallest absolute Gasteiger partial charge is 0.335 e. The van der Waals surface area contributed by atoms with E-state index in [0.29, 0.717) is 23.6 Å². The number of nitrogens with one attached hydrogen (secondary N) is 2. The summed E-state index contributed by atoms with van der Waals surface area (Å²) < 4.78 is 0. The van der Waals surface area contributed by atoms with Crippen molar-refractivity contribution in [1.29, 1.82) is 0 Å². The van der Waals surface area contributed by atoms with Crippen LogP contribution in [0, 0.1) is 11.8 Å². The van der Waals surface area contributed by atoms with Crippen LogP contribution < -0.4 is 10.6 Å².